The maximum atomic E-state index is 13.3. The van der Waals surface area contributed by atoms with Crippen molar-refractivity contribution in [2.75, 3.05) is 24.3 Å². The van der Waals surface area contributed by atoms with Gasteiger partial charge in [0.05, 0.1) is 6.04 Å². The van der Waals surface area contributed by atoms with E-state index in [2.05, 4.69) is 23.3 Å². The van der Waals surface area contributed by atoms with E-state index in [1.54, 1.807) is 11.8 Å². The van der Waals surface area contributed by atoms with Crippen molar-refractivity contribution in [1.29, 1.82) is 0 Å². The van der Waals surface area contributed by atoms with E-state index in [1.807, 2.05) is 36.6 Å². The number of nitrogens with two attached hydrogens (primary N) is 1. The van der Waals surface area contributed by atoms with Crippen molar-refractivity contribution in [2.45, 2.75) is 49.9 Å². The summed E-state index contributed by atoms with van der Waals surface area (Å²) in [6.07, 6.45) is 3.52. The molecule has 0 bridgehead atoms. The Bertz CT molecular complexity index is 826. The third kappa shape index (κ3) is 7.94. The van der Waals surface area contributed by atoms with Crippen molar-refractivity contribution in [3.05, 3.63) is 35.9 Å². The summed E-state index contributed by atoms with van der Waals surface area (Å²) in [5.41, 5.74) is 6.70. The van der Waals surface area contributed by atoms with E-state index in [0.717, 1.165) is 5.56 Å². The van der Waals surface area contributed by atoms with Gasteiger partial charge in [-0.2, -0.15) is 24.4 Å². The summed E-state index contributed by atoms with van der Waals surface area (Å²) in [7, 11) is 0. The number of carboxylic acid groups (broad SMARTS) is 1. The summed E-state index contributed by atoms with van der Waals surface area (Å²) in [4.78, 5) is 51.5. The number of carboxylic acids is 1. The highest BCUT2D eigenvalue weighted by Gasteiger charge is 2.38. The van der Waals surface area contributed by atoms with Crippen LogP contribution in [0.5, 0.6) is 0 Å². The van der Waals surface area contributed by atoms with E-state index in [4.69, 9.17) is 5.73 Å². The highest BCUT2D eigenvalue weighted by molar-refractivity contribution is 7.98. The molecule has 33 heavy (non-hydrogen) atoms. The standard InChI is InChI=1S/C22H32N4O5S2/c1-33-11-9-15(23)19(27)25-17(13-32)20(28)24-16(12-14-6-3-2-4-7-14)21(29)26-10-5-8-18(26)22(30)31/h2-4,6-7,15-18,32H,5,8-13,23H2,1H3,(H,24,28)(H,25,27)(H,30,31). The van der Waals surface area contributed by atoms with Gasteiger partial charge in [0.15, 0.2) is 0 Å². The van der Waals surface area contributed by atoms with Crippen LogP contribution in [0.4, 0.5) is 0 Å². The van der Waals surface area contributed by atoms with Crippen LogP contribution in [-0.4, -0.2) is 82.2 Å². The third-order valence-corrected chi connectivity index (χ3v) is 6.51. The number of hydrogen-bond donors (Lipinski definition) is 5. The molecule has 182 valence electrons. The number of hydrogen-bond acceptors (Lipinski definition) is 7. The van der Waals surface area contributed by atoms with Gasteiger partial charge in [0.1, 0.15) is 18.1 Å². The Morgan fingerprint density at radius 1 is 1.18 bits per heavy atom. The van der Waals surface area contributed by atoms with Crippen molar-refractivity contribution in [2.24, 2.45) is 5.73 Å². The lowest BCUT2D eigenvalue weighted by atomic mass is 10.0. The minimum absolute atomic E-state index is 0.0144. The van der Waals surface area contributed by atoms with E-state index in [0.29, 0.717) is 31.6 Å². The first-order valence-electron chi connectivity index (χ1n) is 10.8. The van der Waals surface area contributed by atoms with Crippen LogP contribution in [-0.2, 0) is 25.6 Å². The lowest BCUT2D eigenvalue weighted by Gasteiger charge is -2.29. The first kappa shape index (κ1) is 27.0. The molecule has 4 unspecified atom stereocenters. The van der Waals surface area contributed by atoms with Crippen LogP contribution in [0.2, 0.25) is 0 Å². The molecule has 1 aliphatic heterocycles. The summed E-state index contributed by atoms with van der Waals surface area (Å²) in [6, 6.07) is 5.50. The molecule has 0 aromatic heterocycles. The molecule has 3 amide bonds. The Morgan fingerprint density at radius 3 is 2.45 bits per heavy atom. The number of benzene rings is 1. The number of thioether (sulfide) groups is 1. The number of likely N-dealkylation sites (tertiary alicyclic amines) is 1. The fourth-order valence-corrected chi connectivity index (χ4v) is 4.41. The zero-order valence-electron chi connectivity index (χ0n) is 18.6. The van der Waals surface area contributed by atoms with Crippen molar-refractivity contribution in [3.63, 3.8) is 0 Å². The maximum absolute atomic E-state index is 13.3. The zero-order valence-corrected chi connectivity index (χ0v) is 20.3. The quantitative estimate of drug-likeness (QED) is 0.262. The van der Waals surface area contributed by atoms with Crippen LogP contribution in [0, 0.1) is 0 Å². The Hall–Kier alpha value is -2.24. The molecule has 1 aromatic rings. The number of rotatable bonds is 12. The SMILES string of the molecule is CSCCC(N)C(=O)NC(CS)C(=O)NC(Cc1ccccc1)C(=O)N1CCCC1C(=O)O. The largest absolute Gasteiger partial charge is 0.480 e. The molecular formula is C22H32N4O5S2. The molecule has 1 fully saturated rings. The molecule has 0 spiro atoms. The number of carbonyl (C=O) groups excluding carboxylic acids is 3. The fourth-order valence-electron chi connectivity index (χ4n) is 3.66. The van der Waals surface area contributed by atoms with Gasteiger partial charge < -0.3 is 26.4 Å². The topological polar surface area (TPSA) is 142 Å². The van der Waals surface area contributed by atoms with Gasteiger partial charge in [0.25, 0.3) is 0 Å². The van der Waals surface area contributed by atoms with E-state index < -0.39 is 47.9 Å². The molecule has 5 N–H and O–H groups in total. The number of aliphatic carboxylic acids is 1. The van der Waals surface area contributed by atoms with Gasteiger partial charge in [-0.1, -0.05) is 30.3 Å². The zero-order chi connectivity index (χ0) is 24.4. The van der Waals surface area contributed by atoms with Crippen LogP contribution >= 0.6 is 24.4 Å². The molecule has 2 rings (SSSR count). The monoisotopic (exact) mass is 496 g/mol. The summed E-state index contributed by atoms with van der Waals surface area (Å²) in [5, 5.41) is 14.8. The van der Waals surface area contributed by atoms with Crippen molar-refractivity contribution in [3.8, 4) is 0 Å². The van der Waals surface area contributed by atoms with E-state index in [1.165, 1.54) is 4.90 Å². The van der Waals surface area contributed by atoms with Gasteiger partial charge in [0, 0.05) is 18.7 Å². The van der Waals surface area contributed by atoms with Gasteiger partial charge in [-0.25, -0.2) is 4.79 Å². The number of thiol groups is 1. The first-order chi connectivity index (χ1) is 15.8. The van der Waals surface area contributed by atoms with Gasteiger partial charge >= 0.3 is 5.97 Å². The third-order valence-electron chi connectivity index (χ3n) is 5.50. The maximum Gasteiger partial charge on any atom is 0.326 e. The Labute approximate surface area is 203 Å². The van der Waals surface area contributed by atoms with Gasteiger partial charge in [-0.05, 0) is 36.8 Å². The van der Waals surface area contributed by atoms with Gasteiger partial charge in [-0.15, -0.1) is 0 Å². The molecule has 0 aliphatic carbocycles. The molecule has 0 saturated carbocycles. The van der Waals surface area contributed by atoms with Crippen LogP contribution in [0.25, 0.3) is 0 Å². The molecule has 4 atom stereocenters. The molecule has 9 nitrogen and oxygen atoms in total. The highest BCUT2D eigenvalue weighted by atomic mass is 32.2. The number of carbonyl (C=O) groups is 4. The van der Waals surface area contributed by atoms with Crippen LogP contribution in [0.15, 0.2) is 30.3 Å². The molecule has 0 radical (unpaired) electrons. The second kappa shape index (κ2) is 13.5. The van der Waals surface area contributed by atoms with Crippen molar-refractivity contribution in [1.82, 2.24) is 15.5 Å². The molecule has 1 aromatic carbocycles. The minimum Gasteiger partial charge on any atom is -0.480 e. The Morgan fingerprint density at radius 2 is 1.85 bits per heavy atom. The fraction of sp³-hybridized carbons (Fsp3) is 0.545. The van der Waals surface area contributed by atoms with E-state index >= 15 is 0 Å². The molecule has 11 heteroatoms. The minimum atomic E-state index is -1.06. The van der Waals surface area contributed by atoms with Crippen LogP contribution in [0.3, 0.4) is 0 Å². The molecule has 1 aliphatic rings. The molecule has 1 heterocycles. The van der Waals surface area contributed by atoms with Gasteiger partial charge in [-0.3, -0.25) is 14.4 Å². The summed E-state index contributed by atoms with van der Waals surface area (Å²) in [6.45, 7) is 0.313. The number of nitrogens with zero attached hydrogens (tertiary/aromatic N) is 1. The number of nitrogens with one attached hydrogen (secondary N) is 2. The van der Waals surface area contributed by atoms with Gasteiger partial charge in [0.2, 0.25) is 17.7 Å². The van der Waals surface area contributed by atoms with E-state index in [-0.39, 0.29) is 12.2 Å². The highest BCUT2D eigenvalue weighted by Crippen LogP contribution is 2.19. The normalized spacial score (nSPS) is 18.3. The van der Waals surface area contributed by atoms with Crippen LogP contribution in [0.1, 0.15) is 24.8 Å². The average molecular weight is 497 g/mol. The lowest BCUT2D eigenvalue weighted by Crippen LogP contribution is -2.58. The summed E-state index contributed by atoms with van der Waals surface area (Å²) >= 11 is 5.74. The Balaban J connectivity index is 2.15. The van der Waals surface area contributed by atoms with Crippen molar-refractivity contribution >= 4 is 48.1 Å². The average Bonchev–Trinajstić information content (AvgIpc) is 3.30. The molecule has 1 saturated heterocycles. The molecular weight excluding hydrogens is 464 g/mol. The second-order valence-electron chi connectivity index (χ2n) is 7.91. The number of amides is 3. The summed E-state index contributed by atoms with van der Waals surface area (Å²) in [5.74, 6) is -1.84. The smallest absolute Gasteiger partial charge is 0.326 e. The van der Waals surface area contributed by atoms with Crippen molar-refractivity contribution < 1.29 is 24.3 Å². The summed E-state index contributed by atoms with van der Waals surface area (Å²) < 4.78 is 0. The first-order valence-corrected chi connectivity index (χ1v) is 12.8. The lowest BCUT2D eigenvalue weighted by molar-refractivity contribution is -0.149. The predicted octanol–water partition coefficient (Wildman–Crippen LogP) is 0.285. The van der Waals surface area contributed by atoms with E-state index in [9.17, 15) is 24.3 Å². The predicted molar refractivity (Wildman–Crippen MR) is 131 cm³/mol. The second-order valence-corrected chi connectivity index (χ2v) is 9.26. The Kier molecular flexibility index (Phi) is 11.0. The van der Waals surface area contributed by atoms with Crippen LogP contribution < -0.4 is 16.4 Å².